The van der Waals surface area contributed by atoms with E-state index in [9.17, 15) is 0 Å². The molecular formula is C12H20N4S. The van der Waals surface area contributed by atoms with Crippen LogP contribution in [0.25, 0.3) is 0 Å². The van der Waals surface area contributed by atoms with Crippen molar-refractivity contribution >= 4 is 11.8 Å². The van der Waals surface area contributed by atoms with Gasteiger partial charge in [-0.3, -0.25) is 0 Å². The lowest BCUT2D eigenvalue weighted by Gasteiger charge is -2.20. The molecule has 0 radical (unpaired) electrons. The molecule has 2 saturated carbocycles. The molecule has 17 heavy (non-hydrogen) atoms. The van der Waals surface area contributed by atoms with Gasteiger partial charge in [-0.1, -0.05) is 18.2 Å². The van der Waals surface area contributed by atoms with E-state index in [2.05, 4.69) is 14.8 Å². The number of aromatic nitrogens is 3. The third-order valence-electron chi connectivity index (χ3n) is 4.18. The second-order valence-corrected chi connectivity index (χ2v) is 6.51. The average molecular weight is 252 g/mol. The summed E-state index contributed by atoms with van der Waals surface area (Å²) in [7, 11) is 0. The summed E-state index contributed by atoms with van der Waals surface area (Å²) in [6.07, 6.45) is 5.70. The van der Waals surface area contributed by atoms with Crippen LogP contribution in [0.2, 0.25) is 0 Å². The fraction of sp³-hybridized carbons (Fsp3) is 0.833. The minimum Gasteiger partial charge on any atom is -0.329 e. The van der Waals surface area contributed by atoms with E-state index in [0.717, 1.165) is 34.6 Å². The molecule has 5 heteroatoms. The number of nitrogens with two attached hydrogens (primary N) is 1. The van der Waals surface area contributed by atoms with Gasteiger partial charge < -0.3 is 10.3 Å². The Morgan fingerprint density at radius 3 is 2.88 bits per heavy atom. The van der Waals surface area contributed by atoms with Crippen LogP contribution in [0.1, 0.15) is 31.5 Å². The molecule has 3 rings (SSSR count). The van der Waals surface area contributed by atoms with Crippen molar-refractivity contribution in [1.82, 2.24) is 14.8 Å². The van der Waals surface area contributed by atoms with Gasteiger partial charge in [0.2, 0.25) is 0 Å². The predicted octanol–water partition coefficient (Wildman–Crippen LogP) is 1.83. The van der Waals surface area contributed by atoms with Crippen LogP contribution in [0.4, 0.5) is 0 Å². The Hall–Kier alpha value is -0.550. The van der Waals surface area contributed by atoms with Gasteiger partial charge in [-0.25, -0.2) is 0 Å². The van der Waals surface area contributed by atoms with Crippen molar-refractivity contribution in [2.45, 2.75) is 49.6 Å². The molecule has 1 heterocycles. The molecule has 0 amide bonds. The smallest absolute Gasteiger partial charge is 0.191 e. The summed E-state index contributed by atoms with van der Waals surface area (Å²) in [6, 6.07) is 0. The van der Waals surface area contributed by atoms with Gasteiger partial charge in [0, 0.05) is 18.3 Å². The topological polar surface area (TPSA) is 56.7 Å². The van der Waals surface area contributed by atoms with E-state index in [1.165, 1.54) is 25.7 Å². The van der Waals surface area contributed by atoms with Gasteiger partial charge in [-0.15, -0.1) is 10.2 Å². The molecule has 3 unspecified atom stereocenters. The first-order valence-electron chi connectivity index (χ1n) is 6.54. The summed E-state index contributed by atoms with van der Waals surface area (Å²) in [5.74, 6) is 2.90. The summed E-state index contributed by atoms with van der Waals surface area (Å²) >= 11 is 1.94. The Bertz CT molecular complexity index is 403. The molecule has 2 aliphatic carbocycles. The molecular weight excluding hydrogens is 232 g/mol. The number of fused-ring (bicyclic) bond motifs is 2. The van der Waals surface area contributed by atoms with Crippen molar-refractivity contribution in [3.8, 4) is 0 Å². The molecule has 2 aliphatic rings. The number of thioether (sulfide) groups is 1. The molecule has 1 aromatic rings. The van der Waals surface area contributed by atoms with E-state index in [0.29, 0.717) is 6.54 Å². The van der Waals surface area contributed by atoms with Crippen LogP contribution in [0, 0.1) is 18.8 Å². The zero-order valence-corrected chi connectivity index (χ0v) is 11.1. The van der Waals surface area contributed by atoms with Crippen molar-refractivity contribution in [3.63, 3.8) is 0 Å². The third kappa shape index (κ3) is 2.10. The van der Waals surface area contributed by atoms with Crippen LogP contribution in [0.5, 0.6) is 0 Å². The normalized spacial score (nSPS) is 31.3. The minimum absolute atomic E-state index is 0.656. The van der Waals surface area contributed by atoms with Crippen molar-refractivity contribution in [2.75, 3.05) is 6.54 Å². The molecule has 2 fully saturated rings. The van der Waals surface area contributed by atoms with Gasteiger partial charge in [-0.05, 0) is 38.0 Å². The first-order chi connectivity index (χ1) is 8.28. The Labute approximate surface area is 106 Å². The molecule has 4 nitrogen and oxygen atoms in total. The van der Waals surface area contributed by atoms with Crippen molar-refractivity contribution < 1.29 is 0 Å². The highest BCUT2D eigenvalue weighted by Gasteiger charge is 2.40. The van der Waals surface area contributed by atoms with Crippen LogP contribution in [-0.2, 0) is 6.54 Å². The lowest BCUT2D eigenvalue weighted by atomic mass is 10.0. The summed E-state index contributed by atoms with van der Waals surface area (Å²) in [6.45, 7) is 3.50. The van der Waals surface area contributed by atoms with Gasteiger partial charge in [-0.2, -0.15) is 0 Å². The predicted molar refractivity (Wildman–Crippen MR) is 68.9 cm³/mol. The van der Waals surface area contributed by atoms with Crippen LogP contribution in [-0.4, -0.2) is 26.6 Å². The number of hydrogen-bond acceptors (Lipinski definition) is 4. The van der Waals surface area contributed by atoms with E-state index >= 15 is 0 Å². The van der Waals surface area contributed by atoms with Crippen LogP contribution in [0.3, 0.4) is 0 Å². The van der Waals surface area contributed by atoms with Gasteiger partial charge in [0.1, 0.15) is 5.82 Å². The zero-order valence-electron chi connectivity index (χ0n) is 10.3. The van der Waals surface area contributed by atoms with E-state index < -0.39 is 0 Å². The van der Waals surface area contributed by atoms with Crippen LogP contribution in [0.15, 0.2) is 5.16 Å². The zero-order chi connectivity index (χ0) is 11.8. The van der Waals surface area contributed by atoms with Crippen molar-refractivity contribution in [3.05, 3.63) is 5.82 Å². The number of hydrogen-bond donors (Lipinski definition) is 1. The lowest BCUT2D eigenvalue weighted by molar-refractivity contribution is 0.490. The van der Waals surface area contributed by atoms with Crippen molar-refractivity contribution in [1.29, 1.82) is 0 Å². The quantitative estimate of drug-likeness (QED) is 0.888. The summed E-state index contributed by atoms with van der Waals surface area (Å²) in [5, 5.41) is 10.3. The highest BCUT2D eigenvalue weighted by Crippen LogP contribution is 2.50. The summed E-state index contributed by atoms with van der Waals surface area (Å²) in [4.78, 5) is 0. The Balaban J connectivity index is 1.72. The van der Waals surface area contributed by atoms with Crippen LogP contribution >= 0.6 is 11.8 Å². The van der Waals surface area contributed by atoms with Gasteiger partial charge in [0.25, 0.3) is 0 Å². The highest BCUT2D eigenvalue weighted by atomic mass is 32.2. The van der Waals surface area contributed by atoms with E-state index in [4.69, 9.17) is 5.73 Å². The first kappa shape index (κ1) is 11.5. The Morgan fingerprint density at radius 2 is 2.24 bits per heavy atom. The molecule has 0 aromatic carbocycles. The number of aryl methyl sites for hydroxylation is 1. The average Bonchev–Trinajstić information content (AvgIpc) is 3.00. The third-order valence-corrected chi connectivity index (χ3v) is 5.58. The largest absolute Gasteiger partial charge is 0.329 e. The molecule has 0 saturated heterocycles. The lowest BCUT2D eigenvalue weighted by Crippen LogP contribution is -2.16. The molecule has 0 aliphatic heterocycles. The molecule has 1 aromatic heterocycles. The number of nitrogens with zero attached hydrogens (tertiary/aromatic N) is 3. The monoisotopic (exact) mass is 252 g/mol. The van der Waals surface area contributed by atoms with E-state index in [-0.39, 0.29) is 0 Å². The fourth-order valence-electron chi connectivity index (χ4n) is 3.30. The second-order valence-electron chi connectivity index (χ2n) is 5.30. The molecule has 2 N–H and O–H groups in total. The first-order valence-corrected chi connectivity index (χ1v) is 7.42. The van der Waals surface area contributed by atoms with Gasteiger partial charge in [0.15, 0.2) is 5.16 Å². The standard InChI is InChI=1S/C12H20N4S/c1-8-14-15-12(16(8)5-4-13)17-11-7-9-2-3-10(11)6-9/h9-11H,2-7,13H2,1H3. The Kier molecular flexibility index (Phi) is 3.13. The van der Waals surface area contributed by atoms with Crippen molar-refractivity contribution in [2.24, 2.45) is 17.6 Å². The summed E-state index contributed by atoms with van der Waals surface area (Å²) < 4.78 is 2.16. The minimum atomic E-state index is 0.656. The van der Waals surface area contributed by atoms with Gasteiger partial charge >= 0.3 is 0 Å². The molecule has 3 atom stereocenters. The second kappa shape index (κ2) is 4.61. The SMILES string of the molecule is Cc1nnc(SC2CC3CCC2C3)n1CCN. The van der Waals surface area contributed by atoms with Crippen LogP contribution < -0.4 is 5.73 Å². The van der Waals surface area contributed by atoms with E-state index in [1.54, 1.807) is 0 Å². The molecule has 94 valence electrons. The van der Waals surface area contributed by atoms with Gasteiger partial charge in [0.05, 0.1) is 0 Å². The maximum absolute atomic E-state index is 5.64. The Morgan fingerprint density at radius 1 is 1.35 bits per heavy atom. The molecule has 0 spiro atoms. The maximum atomic E-state index is 5.64. The maximum Gasteiger partial charge on any atom is 0.191 e. The highest BCUT2D eigenvalue weighted by molar-refractivity contribution is 7.99. The fourth-order valence-corrected chi connectivity index (χ4v) is 4.82. The summed E-state index contributed by atoms with van der Waals surface area (Å²) in [5.41, 5.74) is 5.64. The van der Waals surface area contributed by atoms with E-state index in [1.807, 2.05) is 18.7 Å². The molecule has 2 bridgehead atoms. The number of rotatable bonds is 4.